The second-order valence-electron chi connectivity index (χ2n) is 3.32. The maximum absolute atomic E-state index is 12.3. The number of hydrogen-bond acceptors (Lipinski definition) is 1. The van der Waals surface area contributed by atoms with Gasteiger partial charge in [0.2, 0.25) is 0 Å². The Morgan fingerprint density at radius 1 is 1.13 bits per heavy atom. The molecule has 2 nitrogen and oxygen atoms in total. The van der Waals surface area contributed by atoms with E-state index >= 15 is 0 Å². The van der Waals surface area contributed by atoms with Crippen LogP contribution < -0.4 is 5.43 Å². The first kappa shape index (κ1) is 9.83. The van der Waals surface area contributed by atoms with Crippen LogP contribution >= 0.6 is 0 Å². The van der Waals surface area contributed by atoms with E-state index in [2.05, 4.69) is 10.5 Å². The van der Waals surface area contributed by atoms with Gasteiger partial charge in [-0.25, -0.2) is 8.78 Å². The van der Waals surface area contributed by atoms with Crippen molar-refractivity contribution in [3.05, 3.63) is 41.5 Å². The van der Waals surface area contributed by atoms with Crippen LogP contribution in [0.4, 0.5) is 8.78 Å². The van der Waals surface area contributed by atoms with E-state index < -0.39 is 6.43 Å². The minimum absolute atomic E-state index is 0.273. The van der Waals surface area contributed by atoms with Gasteiger partial charge < -0.3 is 0 Å². The summed E-state index contributed by atoms with van der Waals surface area (Å²) in [6.45, 7) is 1.96. The topological polar surface area (TPSA) is 26.5 Å². The summed E-state index contributed by atoms with van der Waals surface area (Å²) in [5, 5.41) is 3.41. The highest BCUT2D eigenvalue weighted by Gasteiger charge is 2.18. The van der Waals surface area contributed by atoms with Gasteiger partial charge in [0.05, 0.1) is 5.70 Å². The molecule has 1 aliphatic rings. The SMILES string of the molecule is Cc1ccc(C2=CC(C(F)F)=N[N]2)cc1. The van der Waals surface area contributed by atoms with E-state index in [1.807, 2.05) is 31.2 Å². The van der Waals surface area contributed by atoms with Gasteiger partial charge in [0.25, 0.3) is 6.43 Å². The van der Waals surface area contributed by atoms with Gasteiger partial charge in [0.15, 0.2) is 0 Å². The molecule has 1 heterocycles. The Morgan fingerprint density at radius 3 is 2.33 bits per heavy atom. The zero-order valence-electron chi connectivity index (χ0n) is 8.11. The van der Waals surface area contributed by atoms with E-state index in [1.165, 1.54) is 6.08 Å². The van der Waals surface area contributed by atoms with Gasteiger partial charge in [-0.3, -0.25) is 0 Å². The number of aryl methyl sites for hydroxylation is 1. The molecule has 15 heavy (non-hydrogen) atoms. The Bertz CT molecular complexity index is 419. The molecule has 0 atom stereocenters. The highest BCUT2D eigenvalue weighted by Crippen LogP contribution is 2.19. The molecule has 0 aromatic heterocycles. The number of allylic oxidation sites excluding steroid dienone is 1. The minimum atomic E-state index is -2.56. The highest BCUT2D eigenvalue weighted by atomic mass is 19.3. The number of benzene rings is 1. The molecule has 77 valence electrons. The number of alkyl halides is 2. The van der Waals surface area contributed by atoms with Gasteiger partial charge in [-0.2, -0.15) is 0 Å². The summed E-state index contributed by atoms with van der Waals surface area (Å²) in [6.07, 6.45) is -1.24. The lowest BCUT2D eigenvalue weighted by molar-refractivity contribution is 0.226. The summed E-state index contributed by atoms with van der Waals surface area (Å²) in [4.78, 5) is 0. The largest absolute Gasteiger partial charge is 0.282 e. The van der Waals surface area contributed by atoms with E-state index in [1.54, 1.807) is 0 Å². The number of halogens is 2. The molecule has 0 bridgehead atoms. The zero-order valence-corrected chi connectivity index (χ0v) is 8.11. The quantitative estimate of drug-likeness (QED) is 0.712. The maximum atomic E-state index is 12.3. The fraction of sp³-hybridized carbons (Fsp3) is 0.182. The molecule has 0 unspecified atom stereocenters. The van der Waals surface area contributed by atoms with Gasteiger partial charge in [0, 0.05) is 5.56 Å². The molecule has 1 radical (unpaired) electrons. The van der Waals surface area contributed by atoms with Crippen LogP contribution in [-0.4, -0.2) is 12.1 Å². The molecule has 0 aliphatic carbocycles. The molecule has 0 amide bonds. The smallest absolute Gasteiger partial charge is 0.203 e. The molecule has 4 heteroatoms. The van der Waals surface area contributed by atoms with Gasteiger partial charge in [-0.1, -0.05) is 29.8 Å². The second-order valence-corrected chi connectivity index (χ2v) is 3.32. The third-order valence-corrected chi connectivity index (χ3v) is 2.13. The minimum Gasteiger partial charge on any atom is -0.203 e. The first-order valence-corrected chi connectivity index (χ1v) is 4.52. The normalized spacial score (nSPS) is 14.9. The Morgan fingerprint density at radius 2 is 1.80 bits per heavy atom. The van der Waals surface area contributed by atoms with E-state index in [-0.39, 0.29) is 5.71 Å². The van der Waals surface area contributed by atoms with Crippen molar-refractivity contribution in [1.82, 2.24) is 5.43 Å². The van der Waals surface area contributed by atoms with Crippen molar-refractivity contribution in [1.29, 1.82) is 0 Å². The lowest BCUT2D eigenvalue weighted by Gasteiger charge is -1.99. The Balaban J connectivity index is 2.22. The molecular formula is C11H9F2N2. The molecule has 0 spiro atoms. The molecular weight excluding hydrogens is 198 g/mol. The molecule has 1 aromatic carbocycles. The van der Waals surface area contributed by atoms with E-state index in [0.717, 1.165) is 11.1 Å². The number of hydrogen-bond donors (Lipinski definition) is 0. The van der Waals surface area contributed by atoms with Crippen molar-refractivity contribution < 1.29 is 8.78 Å². The van der Waals surface area contributed by atoms with Crippen molar-refractivity contribution in [2.24, 2.45) is 5.10 Å². The van der Waals surface area contributed by atoms with E-state index in [0.29, 0.717) is 5.70 Å². The molecule has 0 fully saturated rings. The molecule has 1 aliphatic heterocycles. The predicted octanol–water partition coefficient (Wildman–Crippen LogP) is 2.58. The summed E-state index contributed by atoms with van der Waals surface area (Å²) >= 11 is 0. The highest BCUT2D eigenvalue weighted by molar-refractivity contribution is 6.05. The maximum Gasteiger partial charge on any atom is 0.282 e. The molecule has 1 aromatic rings. The van der Waals surface area contributed by atoms with E-state index in [9.17, 15) is 8.78 Å². The summed E-state index contributed by atoms with van der Waals surface area (Å²) < 4.78 is 24.5. The van der Waals surface area contributed by atoms with Crippen molar-refractivity contribution >= 4 is 11.4 Å². The number of nitrogens with zero attached hydrogens (tertiary/aromatic N) is 2. The van der Waals surface area contributed by atoms with Crippen LogP contribution in [0.3, 0.4) is 0 Å². The Hall–Kier alpha value is -1.71. The first-order valence-electron chi connectivity index (χ1n) is 4.52. The van der Waals surface area contributed by atoms with Gasteiger partial charge in [-0.05, 0) is 13.0 Å². The number of rotatable bonds is 2. The Labute approximate surface area is 86.3 Å². The molecule has 0 N–H and O–H groups in total. The van der Waals surface area contributed by atoms with Crippen LogP contribution in [0.15, 0.2) is 35.4 Å². The standard InChI is InChI=1S/C11H9F2N2/c1-7-2-4-8(5-3-7)9-6-10(11(12)13)15-14-9/h2-6,11H,1H3. The van der Waals surface area contributed by atoms with Crippen LogP contribution in [0.1, 0.15) is 11.1 Å². The van der Waals surface area contributed by atoms with Crippen LogP contribution in [-0.2, 0) is 0 Å². The second kappa shape index (κ2) is 3.81. The lowest BCUT2D eigenvalue weighted by atomic mass is 10.1. The van der Waals surface area contributed by atoms with Crippen LogP contribution in [0.25, 0.3) is 5.70 Å². The van der Waals surface area contributed by atoms with Crippen molar-refractivity contribution in [2.45, 2.75) is 13.3 Å². The summed E-state index contributed by atoms with van der Waals surface area (Å²) in [5.41, 5.74) is 5.85. The van der Waals surface area contributed by atoms with Crippen LogP contribution in [0, 0.1) is 6.92 Å². The lowest BCUT2D eigenvalue weighted by Crippen LogP contribution is -2.04. The summed E-state index contributed by atoms with van der Waals surface area (Å²) in [6, 6.07) is 7.50. The molecule has 0 saturated carbocycles. The predicted molar refractivity (Wildman–Crippen MR) is 54.7 cm³/mol. The van der Waals surface area contributed by atoms with Crippen LogP contribution in [0.5, 0.6) is 0 Å². The summed E-state index contributed by atoms with van der Waals surface area (Å²) in [7, 11) is 0. The fourth-order valence-corrected chi connectivity index (χ4v) is 1.28. The first-order chi connectivity index (χ1) is 7.16. The van der Waals surface area contributed by atoms with Crippen LogP contribution in [0.2, 0.25) is 0 Å². The average molecular weight is 207 g/mol. The van der Waals surface area contributed by atoms with Gasteiger partial charge >= 0.3 is 0 Å². The van der Waals surface area contributed by atoms with Gasteiger partial charge in [0.1, 0.15) is 5.71 Å². The van der Waals surface area contributed by atoms with Crippen molar-refractivity contribution in [3.8, 4) is 0 Å². The molecule has 2 rings (SSSR count). The van der Waals surface area contributed by atoms with Gasteiger partial charge in [-0.15, -0.1) is 10.5 Å². The summed E-state index contributed by atoms with van der Waals surface area (Å²) in [5.74, 6) is 0. The van der Waals surface area contributed by atoms with Crippen molar-refractivity contribution in [3.63, 3.8) is 0 Å². The van der Waals surface area contributed by atoms with E-state index in [4.69, 9.17) is 0 Å². The van der Waals surface area contributed by atoms with Crippen molar-refractivity contribution in [2.75, 3.05) is 0 Å². The monoisotopic (exact) mass is 207 g/mol. The average Bonchev–Trinajstić information content (AvgIpc) is 2.68. The third kappa shape index (κ3) is 2.03. The molecule has 0 saturated heterocycles. The third-order valence-electron chi connectivity index (χ3n) is 2.13. The fourth-order valence-electron chi connectivity index (χ4n) is 1.28. The zero-order chi connectivity index (χ0) is 10.8. The Kier molecular flexibility index (Phi) is 2.49.